The Bertz CT molecular complexity index is 280. The monoisotopic (exact) mass is 175 g/mol. The minimum Gasteiger partial charge on any atom is -0.261 e. The lowest BCUT2D eigenvalue weighted by molar-refractivity contribution is 0.463. The number of nitrogens with zero attached hydrogens (tertiary/aromatic N) is 1. The highest BCUT2D eigenvalue weighted by atomic mass is 14.7. The van der Waals surface area contributed by atoms with Crippen LogP contribution in [0.1, 0.15) is 37.4 Å². The molecule has 1 atom stereocenters. The van der Waals surface area contributed by atoms with Crippen LogP contribution in [0.25, 0.3) is 0 Å². The molecule has 70 valence electrons. The van der Waals surface area contributed by atoms with Crippen LogP contribution in [-0.2, 0) is 12.8 Å². The van der Waals surface area contributed by atoms with Crippen LogP contribution in [-0.4, -0.2) is 4.98 Å². The third-order valence-electron chi connectivity index (χ3n) is 3.10. The quantitative estimate of drug-likeness (QED) is 0.598. The van der Waals surface area contributed by atoms with Crippen LogP contribution in [0.4, 0.5) is 0 Å². The van der Waals surface area contributed by atoms with E-state index in [0.29, 0.717) is 0 Å². The van der Waals surface area contributed by atoms with Gasteiger partial charge in [0.1, 0.15) is 0 Å². The van der Waals surface area contributed by atoms with Gasteiger partial charge in [0, 0.05) is 11.9 Å². The van der Waals surface area contributed by atoms with Gasteiger partial charge in [-0.2, -0.15) is 0 Å². The summed E-state index contributed by atoms with van der Waals surface area (Å²) >= 11 is 0. The molecule has 13 heavy (non-hydrogen) atoms. The molecule has 0 radical (unpaired) electrons. The van der Waals surface area contributed by atoms with Crippen molar-refractivity contribution in [1.29, 1.82) is 0 Å². The van der Waals surface area contributed by atoms with Crippen molar-refractivity contribution in [2.75, 3.05) is 0 Å². The number of rotatable bonds is 1. The zero-order chi connectivity index (χ0) is 9.10. The molecule has 0 N–H and O–H groups in total. The predicted octanol–water partition coefficient (Wildman–Crippen LogP) is 2.99. The van der Waals surface area contributed by atoms with Gasteiger partial charge < -0.3 is 0 Å². The first-order valence-electron chi connectivity index (χ1n) is 5.33. The van der Waals surface area contributed by atoms with Gasteiger partial charge in [-0.15, -0.1) is 0 Å². The van der Waals surface area contributed by atoms with Crippen molar-refractivity contribution < 1.29 is 0 Å². The lowest BCUT2D eigenvalue weighted by atomic mass is 9.97. The lowest BCUT2D eigenvalue weighted by Gasteiger charge is -2.10. The Labute approximate surface area is 80.2 Å². The maximum Gasteiger partial charge on any atom is 0.0438 e. The minimum absolute atomic E-state index is 0.871. The smallest absolute Gasteiger partial charge is 0.0438 e. The van der Waals surface area contributed by atoms with E-state index in [9.17, 15) is 0 Å². The summed E-state index contributed by atoms with van der Waals surface area (Å²) in [6.07, 6.45) is 8.39. The predicted molar refractivity (Wildman–Crippen MR) is 54.7 cm³/mol. The third kappa shape index (κ3) is 1.90. The SMILES string of the molecule is CCC1CCCc2cccnc2C1. The van der Waals surface area contributed by atoms with E-state index >= 15 is 0 Å². The molecule has 0 saturated heterocycles. The number of aryl methyl sites for hydroxylation is 1. The molecule has 1 aromatic heterocycles. The molecule has 0 fully saturated rings. The van der Waals surface area contributed by atoms with Crippen molar-refractivity contribution in [3.8, 4) is 0 Å². The molecule has 0 bridgehead atoms. The second-order valence-electron chi connectivity index (χ2n) is 3.98. The standard InChI is InChI=1S/C12H17N/c1-2-10-5-3-6-11-7-4-8-13-12(11)9-10/h4,7-8,10H,2-3,5-6,9H2,1H3. The minimum atomic E-state index is 0.871. The van der Waals surface area contributed by atoms with Crippen LogP contribution in [0.5, 0.6) is 0 Å². The Morgan fingerprint density at radius 3 is 3.31 bits per heavy atom. The average Bonchev–Trinajstić information content (AvgIpc) is 2.38. The van der Waals surface area contributed by atoms with Gasteiger partial charge in [0.2, 0.25) is 0 Å². The first kappa shape index (κ1) is 8.74. The molecular weight excluding hydrogens is 158 g/mol. The molecule has 1 aliphatic carbocycles. The van der Waals surface area contributed by atoms with E-state index in [0.717, 1.165) is 5.92 Å². The molecule has 0 saturated carbocycles. The summed E-state index contributed by atoms with van der Waals surface area (Å²) in [5.41, 5.74) is 2.84. The molecule has 0 aliphatic heterocycles. The third-order valence-corrected chi connectivity index (χ3v) is 3.10. The topological polar surface area (TPSA) is 12.9 Å². The molecule has 0 spiro atoms. The fourth-order valence-corrected chi connectivity index (χ4v) is 2.19. The fourth-order valence-electron chi connectivity index (χ4n) is 2.19. The Morgan fingerprint density at radius 1 is 1.54 bits per heavy atom. The van der Waals surface area contributed by atoms with Crippen LogP contribution < -0.4 is 0 Å². The molecule has 1 aliphatic rings. The average molecular weight is 175 g/mol. The Hall–Kier alpha value is -0.850. The van der Waals surface area contributed by atoms with Gasteiger partial charge in [0.05, 0.1) is 0 Å². The number of hydrogen-bond donors (Lipinski definition) is 0. The Balaban J connectivity index is 2.23. The van der Waals surface area contributed by atoms with Gasteiger partial charge >= 0.3 is 0 Å². The van der Waals surface area contributed by atoms with Gasteiger partial charge in [-0.1, -0.05) is 19.4 Å². The highest BCUT2D eigenvalue weighted by molar-refractivity contribution is 5.21. The summed E-state index contributed by atoms with van der Waals surface area (Å²) < 4.78 is 0. The van der Waals surface area contributed by atoms with Gasteiger partial charge in [-0.05, 0) is 43.2 Å². The summed E-state index contributed by atoms with van der Waals surface area (Å²) in [4.78, 5) is 4.48. The second-order valence-corrected chi connectivity index (χ2v) is 3.98. The molecule has 0 aromatic carbocycles. The number of pyridine rings is 1. The summed E-state index contributed by atoms with van der Waals surface area (Å²) in [6, 6.07) is 4.30. The first-order chi connectivity index (χ1) is 6.40. The number of aromatic nitrogens is 1. The molecule has 2 rings (SSSR count). The van der Waals surface area contributed by atoms with E-state index in [4.69, 9.17) is 0 Å². The normalized spacial score (nSPS) is 22.1. The molecule has 1 heterocycles. The van der Waals surface area contributed by atoms with Crippen LogP contribution in [0.15, 0.2) is 18.3 Å². The van der Waals surface area contributed by atoms with E-state index in [2.05, 4.69) is 24.0 Å². The van der Waals surface area contributed by atoms with E-state index in [1.54, 1.807) is 0 Å². The van der Waals surface area contributed by atoms with E-state index < -0.39 is 0 Å². The van der Waals surface area contributed by atoms with Crippen molar-refractivity contribution in [2.45, 2.75) is 39.0 Å². The van der Waals surface area contributed by atoms with Crippen molar-refractivity contribution in [3.63, 3.8) is 0 Å². The van der Waals surface area contributed by atoms with E-state index in [-0.39, 0.29) is 0 Å². The van der Waals surface area contributed by atoms with Gasteiger partial charge in [0.15, 0.2) is 0 Å². The fraction of sp³-hybridized carbons (Fsp3) is 0.583. The van der Waals surface area contributed by atoms with Crippen LogP contribution >= 0.6 is 0 Å². The second kappa shape index (κ2) is 3.91. The zero-order valence-corrected chi connectivity index (χ0v) is 8.29. The van der Waals surface area contributed by atoms with Gasteiger partial charge in [0.25, 0.3) is 0 Å². The Kier molecular flexibility index (Phi) is 2.62. The van der Waals surface area contributed by atoms with Crippen molar-refractivity contribution in [2.24, 2.45) is 5.92 Å². The zero-order valence-electron chi connectivity index (χ0n) is 8.29. The molecular formula is C12H17N. The first-order valence-corrected chi connectivity index (χ1v) is 5.33. The maximum absolute atomic E-state index is 4.48. The summed E-state index contributed by atoms with van der Waals surface area (Å²) in [7, 11) is 0. The number of hydrogen-bond acceptors (Lipinski definition) is 1. The maximum atomic E-state index is 4.48. The summed E-state index contributed by atoms with van der Waals surface area (Å²) in [5, 5.41) is 0. The molecule has 1 aromatic rings. The van der Waals surface area contributed by atoms with E-state index in [1.165, 1.54) is 43.4 Å². The van der Waals surface area contributed by atoms with Crippen molar-refractivity contribution in [1.82, 2.24) is 4.98 Å². The lowest BCUT2D eigenvalue weighted by Crippen LogP contribution is -2.02. The highest BCUT2D eigenvalue weighted by Crippen LogP contribution is 2.24. The van der Waals surface area contributed by atoms with E-state index in [1.807, 2.05) is 6.20 Å². The largest absolute Gasteiger partial charge is 0.261 e. The summed E-state index contributed by atoms with van der Waals surface area (Å²) in [6.45, 7) is 2.29. The Morgan fingerprint density at radius 2 is 2.46 bits per heavy atom. The molecule has 0 amide bonds. The van der Waals surface area contributed by atoms with Crippen LogP contribution in [0.3, 0.4) is 0 Å². The van der Waals surface area contributed by atoms with Crippen molar-refractivity contribution >= 4 is 0 Å². The van der Waals surface area contributed by atoms with Gasteiger partial charge in [-0.25, -0.2) is 0 Å². The molecule has 1 unspecified atom stereocenters. The highest BCUT2D eigenvalue weighted by Gasteiger charge is 2.15. The number of fused-ring (bicyclic) bond motifs is 1. The molecule has 1 heteroatoms. The molecule has 1 nitrogen and oxygen atoms in total. The summed E-state index contributed by atoms with van der Waals surface area (Å²) in [5.74, 6) is 0.871. The van der Waals surface area contributed by atoms with Crippen LogP contribution in [0, 0.1) is 5.92 Å². The van der Waals surface area contributed by atoms with Gasteiger partial charge in [-0.3, -0.25) is 4.98 Å². The van der Waals surface area contributed by atoms with Crippen LogP contribution in [0.2, 0.25) is 0 Å². The van der Waals surface area contributed by atoms with Crippen molar-refractivity contribution in [3.05, 3.63) is 29.6 Å².